The number of carbonyl (C=O) groups is 3. The van der Waals surface area contributed by atoms with E-state index >= 15 is 0 Å². The number of amides is 2. The average molecular weight is 477 g/mol. The SMILES string of the molecule is COc1ccc(C(C)(C)[C@H](NC(=O)OC(C)(C)C)C(=O)N(C)[C@@H](/C=C(\C)C(=O)O)C(C)C)cc1. The molecule has 0 unspecified atom stereocenters. The number of nitrogens with zero attached hydrogens (tertiary/aromatic N) is 1. The molecule has 8 nitrogen and oxygen atoms in total. The van der Waals surface area contributed by atoms with Gasteiger partial charge < -0.3 is 24.8 Å². The molecule has 0 fully saturated rings. The molecular weight excluding hydrogens is 436 g/mol. The van der Waals surface area contributed by atoms with Crippen LogP contribution in [0.1, 0.15) is 61.0 Å². The Morgan fingerprint density at radius 3 is 2.00 bits per heavy atom. The second-order valence-corrected chi connectivity index (χ2v) is 10.4. The molecule has 0 aliphatic rings. The summed E-state index contributed by atoms with van der Waals surface area (Å²) < 4.78 is 10.7. The molecule has 0 aromatic heterocycles. The standard InChI is InChI=1S/C26H40N2O6/c1-16(2)20(15-17(3)23(30)31)28(9)22(29)21(27-24(32)34-25(4,5)6)26(7,8)18-11-13-19(33-10)14-12-18/h11-16,20-21H,1-10H3,(H,27,32)(H,30,31)/b17-15+/t20-,21+/m0/s1. The Hall–Kier alpha value is -3.03. The van der Waals surface area contributed by atoms with Crippen molar-refractivity contribution in [1.82, 2.24) is 10.2 Å². The molecule has 2 amide bonds. The predicted molar refractivity (Wildman–Crippen MR) is 132 cm³/mol. The van der Waals surface area contributed by atoms with Crippen LogP contribution in [0.2, 0.25) is 0 Å². The van der Waals surface area contributed by atoms with Crippen molar-refractivity contribution in [3.63, 3.8) is 0 Å². The van der Waals surface area contributed by atoms with Crippen molar-refractivity contribution >= 4 is 18.0 Å². The lowest BCUT2D eigenvalue weighted by atomic mass is 9.76. The lowest BCUT2D eigenvalue weighted by Crippen LogP contribution is -2.59. The van der Waals surface area contributed by atoms with E-state index in [2.05, 4.69) is 5.32 Å². The summed E-state index contributed by atoms with van der Waals surface area (Å²) in [5, 5.41) is 12.1. The van der Waals surface area contributed by atoms with Crippen molar-refractivity contribution in [2.45, 2.75) is 78.5 Å². The summed E-state index contributed by atoms with van der Waals surface area (Å²) in [6, 6.07) is 5.82. The number of carbonyl (C=O) groups excluding carboxylic acids is 2. The molecule has 0 spiro atoms. The molecule has 2 N–H and O–H groups in total. The summed E-state index contributed by atoms with van der Waals surface area (Å²) in [7, 11) is 3.19. The third kappa shape index (κ3) is 7.78. The fourth-order valence-electron chi connectivity index (χ4n) is 3.59. The van der Waals surface area contributed by atoms with Crippen LogP contribution >= 0.6 is 0 Å². The van der Waals surface area contributed by atoms with Gasteiger partial charge in [0.05, 0.1) is 13.2 Å². The Morgan fingerprint density at radius 2 is 1.59 bits per heavy atom. The summed E-state index contributed by atoms with van der Waals surface area (Å²) in [5.74, 6) is -0.795. The van der Waals surface area contributed by atoms with Crippen LogP contribution in [0.25, 0.3) is 0 Å². The average Bonchev–Trinajstić information content (AvgIpc) is 2.73. The third-order valence-corrected chi connectivity index (χ3v) is 5.70. The van der Waals surface area contributed by atoms with Crippen molar-refractivity contribution < 1.29 is 29.0 Å². The van der Waals surface area contributed by atoms with Crippen molar-refractivity contribution in [2.75, 3.05) is 14.2 Å². The van der Waals surface area contributed by atoms with Crippen LogP contribution < -0.4 is 10.1 Å². The van der Waals surface area contributed by atoms with Gasteiger partial charge in [-0.1, -0.05) is 45.9 Å². The molecule has 0 aliphatic heterocycles. The minimum atomic E-state index is -1.05. The van der Waals surface area contributed by atoms with Gasteiger partial charge in [-0.3, -0.25) is 4.79 Å². The number of likely N-dealkylation sites (N-methyl/N-ethyl adjacent to an activating group) is 1. The maximum absolute atomic E-state index is 13.8. The maximum atomic E-state index is 13.8. The van der Waals surface area contributed by atoms with Gasteiger partial charge in [0.15, 0.2) is 0 Å². The Morgan fingerprint density at radius 1 is 1.06 bits per heavy atom. The van der Waals surface area contributed by atoms with Gasteiger partial charge in [0.1, 0.15) is 17.4 Å². The van der Waals surface area contributed by atoms with Crippen molar-refractivity contribution in [1.29, 1.82) is 0 Å². The number of aliphatic carboxylic acids is 1. The minimum absolute atomic E-state index is 0.0606. The van der Waals surface area contributed by atoms with Crippen LogP contribution in [-0.2, 0) is 19.7 Å². The summed E-state index contributed by atoms with van der Waals surface area (Å²) >= 11 is 0. The van der Waals surface area contributed by atoms with E-state index in [1.165, 1.54) is 11.8 Å². The van der Waals surface area contributed by atoms with Crippen LogP contribution in [0.5, 0.6) is 5.75 Å². The minimum Gasteiger partial charge on any atom is -0.497 e. The lowest BCUT2D eigenvalue weighted by Gasteiger charge is -2.39. The number of ether oxygens (including phenoxy) is 2. The Kier molecular flexibility index (Phi) is 9.73. The molecule has 0 saturated carbocycles. The van der Waals surface area contributed by atoms with Crippen LogP contribution in [0.3, 0.4) is 0 Å². The van der Waals surface area contributed by atoms with Gasteiger partial charge in [0, 0.05) is 18.0 Å². The summed E-state index contributed by atoms with van der Waals surface area (Å²) in [4.78, 5) is 39.5. The molecule has 0 radical (unpaired) electrons. The first-order valence-electron chi connectivity index (χ1n) is 11.3. The summed E-state index contributed by atoms with van der Waals surface area (Å²) in [6.45, 7) is 14.3. The number of carboxylic acid groups (broad SMARTS) is 1. The molecule has 2 atom stereocenters. The number of rotatable bonds is 9. The highest BCUT2D eigenvalue weighted by Crippen LogP contribution is 2.31. The first kappa shape index (κ1) is 29.0. The van der Waals surface area contributed by atoms with Crippen molar-refractivity contribution in [2.24, 2.45) is 5.92 Å². The van der Waals surface area contributed by atoms with E-state index in [0.717, 1.165) is 5.56 Å². The molecule has 0 aliphatic carbocycles. The van der Waals surface area contributed by atoms with Crippen LogP contribution in [0.4, 0.5) is 4.79 Å². The number of methoxy groups -OCH3 is 1. The first-order chi connectivity index (χ1) is 15.5. The van der Waals surface area contributed by atoms with Gasteiger partial charge in [-0.15, -0.1) is 0 Å². The number of alkyl carbamates (subject to hydrolysis) is 1. The molecule has 1 rings (SSSR count). The second-order valence-electron chi connectivity index (χ2n) is 10.4. The quantitative estimate of drug-likeness (QED) is 0.513. The zero-order valence-corrected chi connectivity index (χ0v) is 22.1. The van der Waals surface area contributed by atoms with Gasteiger partial charge in [-0.2, -0.15) is 0 Å². The van der Waals surface area contributed by atoms with E-state index in [0.29, 0.717) is 5.75 Å². The number of nitrogens with one attached hydrogen (secondary N) is 1. The Bertz CT molecular complexity index is 897. The zero-order valence-electron chi connectivity index (χ0n) is 22.1. The Balaban J connectivity index is 3.47. The summed E-state index contributed by atoms with van der Waals surface area (Å²) in [6.07, 6.45) is 0.856. The van der Waals surface area contributed by atoms with E-state index in [9.17, 15) is 19.5 Å². The monoisotopic (exact) mass is 476 g/mol. The van der Waals surface area contributed by atoms with Gasteiger partial charge in [-0.05, 0) is 51.3 Å². The Labute approximate surface area is 203 Å². The smallest absolute Gasteiger partial charge is 0.408 e. The number of hydrogen-bond acceptors (Lipinski definition) is 5. The zero-order chi connectivity index (χ0) is 26.4. The highest BCUT2D eigenvalue weighted by atomic mass is 16.6. The van der Waals surface area contributed by atoms with E-state index in [4.69, 9.17) is 9.47 Å². The van der Waals surface area contributed by atoms with Crippen LogP contribution in [-0.4, -0.2) is 59.8 Å². The van der Waals surface area contributed by atoms with E-state index in [1.54, 1.807) is 53.1 Å². The van der Waals surface area contributed by atoms with E-state index in [1.807, 2.05) is 39.8 Å². The largest absolute Gasteiger partial charge is 0.497 e. The number of carboxylic acids is 1. The maximum Gasteiger partial charge on any atom is 0.408 e. The fourth-order valence-corrected chi connectivity index (χ4v) is 3.59. The molecule has 1 aromatic carbocycles. The van der Waals surface area contributed by atoms with E-state index < -0.39 is 35.2 Å². The van der Waals surface area contributed by atoms with Gasteiger partial charge >= 0.3 is 12.1 Å². The van der Waals surface area contributed by atoms with Gasteiger partial charge in [0.25, 0.3) is 0 Å². The molecule has 0 saturated heterocycles. The van der Waals surface area contributed by atoms with Gasteiger partial charge in [0.2, 0.25) is 5.91 Å². The normalized spacial score (nSPS) is 14.3. The highest BCUT2D eigenvalue weighted by Gasteiger charge is 2.41. The number of hydrogen-bond donors (Lipinski definition) is 2. The molecule has 1 aromatic rings. The topological polar surface area (TPSA) is 105 Å². The predicted octanol–water partition coefficient (Wildman–Crippen LogP) is 4.38. The summed E-state index contributed by atoms with van der Waals surface area (Å²) in [5.41, 5.74) is -0.615. The lowest BCUT2D eigenvalue weighted by molar-refractivity contribution is -0.136. The van der Waals surface area contributed by atoms with Crippen LogP contribution in [0.15, 0.2) is 35.9 Å². The molecule has 0 heterocycles. The first-order valence-corrected chi connectivity index (χ1v) is 11.3. The van der Waals surface area contributed by atoms with Crippen LogP contribution in [0, 0.1) is 5.92 Å². The van der Waals surface area contributed by atoms with Crippen molar-refractivity contribution in [3.05, 3.63) is 41.5 Å². The highest BCUT2D eigenvalue weighted by molar-refractivity contribution is 5.89. The molecule has 34 heavy (non-hydrogen) atoms. The number of benzene rings is 1. The fraction of sp³-hybridized carbons (Fsp3) is 0.577. The molecule has 190 valence electrons. The molecular formula is C26H40N2O6. The van der Waals surface area contributed by atoms with E-state index in [-0.39, 0.29) is 17.4 Å². The molecule has 8 heteroatoms. The molecule has 0 bridgehead atoms. The van der Waals surface area contributed by atoms with Crippen molar-refractivity contribution in [3.8, 4) is 5.75 Å². The third-order valence-electron chi connectivity index (χ3n) is 5.70. The van der Waals surface area contributed by atoms with Gasteiger partial charge in [-0.25, -0.2) is 9.59 Å². The second kappa shape index (κ2) is 11.4.